The third-order valence-corrected chi connectivity index (χ3v) is 22.9. The molecule has 10 heteroatoms. The van der Waals surface area contributed by atoms with Gasteiger partial charge in [-0.2, -0.15) is 0 Å². The molecular weight excluding hydrogens is 461 g/mol. The minimum atomic E-state index is -2.35. The van der Waals surface area contributed by atoms with Crippen LogP contribution in [-0.2, 0) is 20.6 Å². The normalized spacial score (nSPS) is 23.7. The third kappa shape index (κ3) is 11.1. The molecule has 1 rings (SSSR count). The van der Waals surface area contributed by atoms with Crippen molar-refractivity contribution in [1.29, 1.82) is 0 Å². The van der Waals surface area contributed by atoms with Crippen LogP contribution in [0.25, 0.3) is 0 Å². The van der Waals surface area contributed by atoms with Gasteiger partial charge in [0.1, 0.15) is 0 Å². The van der Waals surface area contributed by atoms with E-state index in [0.29, 0.717) is 0 Å². The summed E-state index contributed by atoms with van der Waals surface area (Å²) in [5.41, 5.74) is 0. The van der Waals surface area contributed by atoms with Gasteiger partial charge in [-0.25, -0.2) is 0 Å². The van der Waals surface area contributed by atoms with E-state index < -0.39 is 46.4 Å². The van der Waals surface area contributed by atoms with Crippen molar-refractivity contribution < 1.29 is 20.6 Å². The van der Waals surface area contributed by atoms with Gasteiger partial charge in [-0.15, -0.1) is 0 Å². The predicted molar refractivity (Wildman–Crippen MR) is 140 cm³/mol. The minimum Gasteiger partial charge on any atom is -0.425 e. The van der Waals surface area contributed by atoms with Crippen LogP contribution in [0.3, 0.4) is 0 Å². The van der Waals surface area contributed by atoms with E-state index >= 15 is 0 Å². The average Bonchev–Trinajstić information content (AvgIpc) is 2.76. The van der Waals surface area contributed by atoms with E-state index in [2.05, 4.69) is 34.6 Å². The largest absolute Gasteiger partial charge is 0.425 e. The molecule has 1 aliphatic heterocycles. The molecule has 1 unspecified atom stereocenters. The highest BCUT2D eigenvalue weighted by molar-refractivity contribution is 6.85. The van der Waals surface area contributed by atoms with E-state index in [1.54, 1.807) is 0 Å². The van der Waals surface area contributed by atoms with Gasteiger partial charge < -0.3 is 20.6 Å². The average molecular weight is 511 g/mol. The molecule has 1 atom stereocenters. The molecule has 0 N–H and O–H groups in total. The van der Waals surface area contributed by atoms with Crippen LogP contribution in [0.15, 0.2) is 0 Å². The number of hydrogen-bond acceptors (Lipinski definition) is 5. The first-order valence-corrected chi connectivity index (χ1v) is 21.3. The number of unbranched alkanes of at least 4 members (excludes halogenated alkanes) is 5. The fourth-order valence-electron chi connectivity index (χ4n) is 3.99. The second kappa shape index (κ2) is 17.4. The minimum absolute atomic E-state index is 0.973. The third-order valence-electron chi connectivity index (χ3n) is 5.90. The van der Waals surface area contributed by atoms with Crippen LogP contribution in [-0.4, -0.2) is 46.4 Å². The van der Waals surface area contributed by atoms with Crippen molar-refractivity contribution in [3.8, 4) is 0 Å². The summed E-state index contributed by atoms with van der Waals surface area (Å²) < 4.78 is 33.5. The summed E-state index contributed by atoms with van der Waals surface area (Å²) in [5.74, 6) is 0. The van der Waals surface area contributed by atoms with Crippen molar-refractivity contribution in [2.24, 2.45) is 0 Å². The summed E-state index contributed by atoms with van der Waals surface area (Å²) in [6, 6.07) is 5.55. The summed E-state index contributed by atoms with van der Waals surface area (Å²) in [5, 5.41) is 0. The summed E-state index contributed by atoms with van der Waals surface area (Å²) >= 11 is 0. The first-order chi connectivity index (χ1) is 14.6. The summed E-state index contributed by atoms with van der Waals surface area (Å²) in [6.45, 7) is 11.4. The Hall–Kier alpha value is 0.884. The van der Waals surface area contributed by atoms with E-state index in [1.807, 2.05) is 0 Å². The Morgan fingerprint density at radius 1 is 0.633 bits per heavy atom. The first-order valence-electron chi connectivity index (χ1n) is 12.8. The lowest BCUT2D eigenvalue weighted by Gasteiger charge is -2.44. The molecule has 1 aliphatic rings. The van der Waals surface area contributed by atoms with Crippen LogP contribution in [0, 0.1) is 0 Å². The molecule has 1 heterocycles. The molecule has 0 radical (unpaired) electrons. The molecule has 0 amide bonds. The molecule has 1 fully saturated rings. The lowest BCUT2D eigenvalue weighted by atomic mass is 10.4. The van der Waals surface area contributed by atoms with Crippen LogP contribution in [0.4, 0.5) is 0 Å². The molecule has 0 aliphatic carbocycles. The van der Waals surface area contributed by atoms with E-state index in [0.717, 1.165) is 30.2 Å². The molecule has 1 saturated heterocycles. The van der Waals surface area contributed by atoms with Crippen molar-refractivity contribution in [2.45, 2.75) is 129 Å². The van der Waals surface area contributed by atoms with Gasteiger partial charge in [0.2, 0.25) is 0 Å². The van der Waals surface area contributed by atoms with Crippen LogP contribution in [0.5, 0.6) is 0 Å². The molecule has 0 aromatic rings. The Morgan fingerprint density at radius 2 is 1.13 bits per heavy atom. The lowest BCUT2D eigenvalue weighted by molar-refractivity contribution is 0.259. The molecule has 0 spiro atoms. The van der Waals surface area contributed by atoms with Crippen molar-refractivity contribution in [3.63, 3.8) is 0 Å². The fraction of sp³-hybridized carbons (Fsp3) is 1.00. The van der Waals surface area contributed by atoms with Crippen LogP contribution < -0.4 is 0 Å². The monoisotopic (exact) mass is 510 g/mol. The van der Waals surface area contributed by atoms with Crippen LogP contribution in [0.2, 0.25) is 30.2 Å². The molecule has 0 saturated carbocycles. The zero-order chi connectivity index (χ0) is 22.1. The Bertz CT molecular complexity index is 403. The van der Waals surface area contributed by atoms with Gasteiger partial charge in [0.25, 0.3) is 20.0 Å². The van der Waals surface area contributed by atoms with E-state index in [-0.39, 0.29) is 0 Å². The quantitative estimate of drug-likeness (QED) is 0.284. The molecule has 0 aromatic heterocycles. The van der Waals surface area contributed by atoms with Gasteiger partial charge in [0, 0.05) is 0 Å². The SMILES string of the molecule is CCCC[SiH]1O[SiH2]O[SiH2]O[Si](CCCC)(CCCC)O[Si](CCCC)(CCCC)O1. The smallest absolute Gasteiger partial charge is 0.320 e. The maximum atomic E-state index is 7.38. The molecule has 30 heavy (non-hydrogen) atoms. The Labute approximate surface area is 195 Å². The summed E-state index contributed by atoms with van der Waals surface area (Å²) in [7, 11) is -8.36. The van der Waals surface area contributed by atoms with Crippen molar-refractivity contribution in [3.05, 3.63) is 0 Å². The highest BCUT2D eigenvalue weighted by atomic mass is 28.5. The van der Waals surface area contributed by atoms with E-state index in [4.69, 9.17) is 20.6 Å². The van der Waals surface area contributed by atoms with Crippen molar-refractivity contribution in [2.75, 3.05) is 0 Å². The zero-order valence-electron chi connectivity index (χ0n) is 20.6. The maximum absolute atomic E-state index is 7.38. The molecule has 0 aromatic carbocycles. The van der Waals surface area contributed by atoms with Gasteiger partial charge in [-0.1, -0.05) is 98.8 Å². The van der Waals surface area contributed by atoms with Crippen LogP contribution >= 0.6 is 0 Å². The lowest BCUT2D eigenvalue weighted by Crippen LogP contribution is -2.58. The second-order valence-electron chi connectivity index (χ2n) is 8.78. The van der Waals surface area contributed by atoms with Gasteiger partial charge >= 0.3 is 26.4 Å². The highest BCUT2D eigenvalue weighted by Gasteiger charge is 2.49. The molecular formula is C20H50O5Si5. The number of hydrogen-bond donors (Lipinski definition) is 0. The highest BCUT2D eigenvalue weighted by Crippen LogP contribution is 2.35. The Morgan fingerprint density at radius 3 is 1.63 bits per heavy atom. The van der Waals surface area contributed by atoms with E-state index in [9.17, 15) is 0 Å². The van der Waals surface area contributed by atoms with Gasteiger partial charge in [0.15, 0.2) is 0 Å². The molecule has 5 nitrogen and oxygen atoms in total. The van der Waals surface area contributed by atoms with Crippen LogP contribution in [0.1, 0.15) is 98.8 Å². The van der Waals surface area contributed by atoms with Gasteiger partial charge in [-0.05, 0) is 30.2 Å². The number of rotatable bonds is 15. The van der Waals surface area contributed by atoms with Crippen molar-refractivity contribution in [1.82, 2.24) is 0 Å². The Balaban J connectivity index is 3.25. The van der Waals surface area contributed by atoms with Crippen molar-refractivity contribution >= 4 is 46.4 Å². The first kappa shape index (κ1) is 28.9. The summed E-state index contributed by atoms with van der Waals surface area (Å²) in [6.07, 6.45) is 12.0. The zero-order valence-corrected chi connectivity index (χ0v) is 26.6. The standard InChI is InChI=1S/C20H50O5Si5/c1-6-11-16-28-22-26-21-27-23-29(17-12-7-2,18-13-8-3)25-30(24-28,19-14-9-4)20-15-10-5/h28H,6-20,26-27H2,1-5H3. The molecule has 0 bridgehead atoms. The fourth-order valence-corrected chi connectivity index (χ4v) is 24.6. The van der Waals surface area contributed by atoms with Gasteiger partial charge in [-0.3, -0.25) is 0 Å². The Kier molecular flexibility index (Phi) is 16.7. The maximum Gasteiger partial charge on any atom is 0.320 e. The topological polar surface area (TPSA) is 46.2 Å². The molecule has 180 valence electrons. The summed E-state index contributed by atoms with van der Waals surface area (Å²) in [4.78, 5) is 0. The predicted octanol–water partition coefficient (Wildman–Crippen LogP) is 5.19. The van der Waals surface area contributed by atoms with E-state index in [1.165, 1.54) is 64.2 Å². The second-order valence-corrected chi connectivity index (χ2v) is 22.2. The van der Waals surface area contributed by atoms with Gasteiger partial charge in [0.05, 0.1) is 0 Å².